The first-order valence-electron chi connectivity index (χ1n) is 7.19. The molecule has 0 saturated carbocycles. The van der Waals surface area contributed by atoms with Gasteiger partial charge in [0.25, 0.3) is 0 Å². The van der Waals surface area contributed by atoms with E-state index in [1.165, 1.54) is 0 Å². The third kappa shape index (κ3) is 3.38. The van der Waals surface area contributed by atoms with Crippen molar-refractivity contribution in [3.63, 3.8) is 0 Å². The van der Waals surface area contributed by atoms with Crippen molar-refractivity contribution in [1.29, 1.82) is 0 Å². The summed E-state index contributed by atoms with van der Waals surface area (Å²) in [4.78, 5) is 16.7. The van der Waals surface area contributed by atoms with E-state index in [0.717, 1.165) is 30.8 Å². The second kappa shape index (κ2) is 5.94. The molecule has 20 heavy (non-hydrogen) atoms. The first-order valence-corrected chi connectivity index (χ1v) is 7.19. The molecule has 1 fully saturated rings. The number of hydrogen-bond acceptors (Lipinski definition) is 3. The van der Waals surface area contributed by atoms with Gasteiger partial charge in [0, 0.05) is 31.7 Å². The number of amides is 1. The van der Waals surface area contributed by atoms with Crippen molar-refractivity contribution in [3.8, 4) is 0 Å². The number of nitrogens with two attached hydrogens (primary N) is 1. The number of likely N-dealkylation sites (N-methyl/N-ethyl adjacent to an activating group) is 1. The topological polar surface area (TPSA) is 49.6 Å². The summed E-state index contributed by atoms with van der Waals surface area (Å²) in [5, 5.41) is 0. The molecule has 0 radical (unpaired) electrons. The van der Waals surface area contributed by atoms with E-state index in [2.05, 4.69) is 25.8 Å². The fourth-order valence-corrected chi connectivity index (χ4v) is 2.53. The van der Waals surface area contributed by atoms with Gasteiger partial charge in [-0.3, -0.25) is 9.69 Å². The van der Waals surface area contributed by atoms with Crippen LogP contribution < -0.4 is 5.73 Å². The lowest BCUT2D eigenvalue weighted by Gasteiger charge is -2.45. The highest BCUT2D eigenvalue weighted by molar-refractivity contribution is 5.79. The molecule has 2 rings (SSSR count). The van der Waals surface area contributed by atoms with Crippen LogP contribution in [0.5, 0.6) is 0 Å². The molecule has 0 bridgehead atoms. The summed E-state index contributed by atoms with van der Waals surface area (Å²) < 4.78 is 0. The average molecular weight is 275 g/mol. The minimum absolute atomic E-state index is 0.0529. The number of benzene rings is 1. The lowest BCUT2D eigenvalue weighted by molar-refractivity contribution is -0.135. The van der Waals surface area contributed by atoms with E-state index < -0.39 is 0 Å². The van der Waals surface area contributed by atoms with Crippen molar-refractivity contribution >= 4 is 5.91 Å². The van der Waals surface area contributed by atoms with Crippen molar-refractivity contribution in [2.24, 2.45) is 5.73 Å². The number of nitrogens with zero attached hydrogens (tertiary/aromatic N) is 2. The first-order chi connectivity index (χ1) is 9.42. The van der Waals surface area contributed by atoms with Crippen LogP contribution in [0, 0.1) is 0 Å². The number of piperazine rings is 1. The second-order valence-electron chi connectivity index (χ2n) is 6.25. The molecule has 110 valence electrons. The lowest BCUT2D eigenvalue weighted by Crippen LogP contribution is -2.59. The number of carbonyl (C=O) groups excluding carboxylic acids is 1. The molecule has 1 aliphatic heterocycles. The van der Waals surface area contributed by atoms with Gasteiger partial charge in [-0.2, -0.15) is 0 Å². The van der Waals surface area contributed by atoms with Crippen molar-refractivity contribution in [3.05, 3.63) is 35.4 Å². The quantitative estimate of drug-likeness (QED) is 0.903. The van der Waals surface area contributed by atoms with Gasteiger partial charge in [0.05, 0.1) is 6.42 Å². The molecule has 0 unspecified atom stereocenters. The summed E-state index contributed by atoms with van der Waals surface area (Å²) in [7, 11) is 2.12. The molecule has 4 nitrogen and oxygen atoms in total. The van der Waals surface area contributed by atoms with Crippen LogP contribution in [0.2, 0.25) is 0 Å². The maximum atomic E-state index is 12.4. The molecular weight excluding hydrogens is 250 g/mol. The van der Waals surface area contributed by atoms with E-state index in [0.29, 0.717) is 13.0 Å². The van der Waals surface area contributed by atoms with Gasteiger partial charge in [-0.25, -0.2) is 0 Å². The Hall–Kier alpha value is -1.39. The van der Waals surface area contributed by atoms with E-state index in [-0.39, 0.29) is 11.4 Å². The fraction of sp³-hybridized carbons (Fsp3) is 0.562. The van der Waals surface area contributed by atoms with E-state index in [9.17, 15) is 4.79 Å². The van der Waals surface area contributed by atoms with Crippen LogP contribution >= 0.6 is 0 Å². The average Bonchev–Trinajstić information content (AvgIpc) is 2.42. The maximum Gasteiger partial charge on any atom is 0.227 e. The molecule has 1 amide bonds. The first kappa shape index (κ1) is 15.0. The molecule has 1 aliphatic rings. The molecule has 2 N–H and O–H groups in total. The Morgan fingerprint density at radius 3 is 2.35 bits per heavy atom. The molecule has 1 aromatic carbocycles. The Kier molecular flexibility index (Phi) is 4.45. The van der Waals surface area contributed by atoms with E-state index in [1.54, 1.807) is 0 Å². The Labute approximate surface area is 121 Å². The van der Waals surface area contributed by atoms with Crippen LogP contribution in [0.15, 0.2) is 24.3 Å². The van der Waals surface area contributed by atoms with Gasteiger partial charge in [-0.05, 0) is 32.0 Å². The molecule has 0 aromatic heterocycles. The summed E-state index contributed by atoms with van der Waals surface area (Å²) in [5.41, 5.74) is 7.79. The predicted octanol–water partition coefficient (Wildman–Crippen LogP) is 1.24. The zero-order valence-corrected chi connectivity index (χ0v) is 12.7. The molecular formula is C16H25N3O. The Morgan fingerprint density at radius 1 is 1.20 bits per heavy atom. The molecule has 1 heterocycles. The van der Waals surface area contributed by atoms with Gasteiger partial charge in [0.15, 0.2) is 0 Å². The van der Waals surface area contributed by atoms with Gasteiger partial charge < -0.3 is 10.6 Å². The zero-order chi connectivity index (χ0) is 14.8. The molecule has 4 heteroatoms. The Balaban J connectivity index is 1.97. The largest absolute Gasteiger partial charge is 0.339 e. The van der Waals surface area contributed by atoms with Gasteiger partial charge in [0.1, 0.15) is 0 Å². The highest BCUT2D eigenvalue weighted by Crippen LogP contribution is 2.19. The van der Waals surface area contributed by atoms with Crippen LogP contribution in [0.4, 0.5) is 0 Å². The minimum atomic E-state index is 0.0529. The number of carbonyl (C=O) groups is 1. The van der Waals surface area contributed by atoms with Crippen molar-refractivity contribution in [1.82, 2.24) is 9.80 Å². The van der Waals surface area contributed by atoms with E-state index in [4.69, 9.17) is 5.73 Å². The van der Waals surface area contributed by atoms with Crippen molar-refractivity contribution < 1.29 is 4.79 Å². The number of hydrogen-bond donors (Lipinski definition) is 1. The van der Waals surface area contributed by atoms with Gasteiger partial charge in [0.2, 0.25) is 5.91 Å². The summed E-state index contributed by atoms with van der Waals surface area (Å²) >= 11 is 0. The third-order valence-electron chi connectivity index (χ3n) is 4.28. The lowest BCUT2D eigenvalue weighted by atomic mass is 9.99. The summed E-state index contributed by atoms with van der Waals surface area (Å²) in [6.45, 7) is 7.46. The molecule has 1 aromatic rings. The van der Waals surface area contributed by atoms with Gasteiger partial charge >= 0.3 is 0 Å². The van der Waals surface area contributed by atoms with Crippen LogP contribution in [0.1, 0.15) is 25.0 Å². The predicted molar refractivity (Wildman–Crippen MR) is 81.3 cm³/mol. The highest BCUT2D eigenvalue weighted by atomic mass is 16.2. The maximum absolute atomic E-state index is 12.4. The third-order valence-corrected chi connectivity index (χ3v) is 4.28. The highest BCUT2D eigenvalue weighted by Gasteiger charge is 2.32. The molecule has 1 saturated heterocycles. The molecule has 0 aliphatic carbocycles. The van der Waals surface area contributed by atoms with Crippen LogP contribution in [-0.4, -0.2) is 47.9 Å². The Morgan fingerprint density at radius 2 is 1.80 bits per heavy atom. The van der Waals surface area contributed by atoms with Crippen molar-refractivity contribution in [2.75, 3.05) is 26.7 Å². The monoisotopic (exact) mass is 275 g/mol. The van der Waals surface area contributed by atoms with Crippen LogP contribution in [0.3, 0.4) is 0 Å². The fourth-order valence-electron chi connectivity index (χ4n) is 2.53. The normalized spacial score (nSPS) is 19.1. The van der Waals surface area contributed by atoms with Crippen molar-refractivity contribution in [2.45, 2.75) is 32.4 Å². The molecule has 0 spiro atoms. The van der Waals surface area contributed by atoms with Gasteiger partial charge in [-0.15, -0.1) is 0 Å². The van der Waals surface area contributed by atoms with Crippen LogP contribution in [-0.2, 0) is 17.8 Å². The van der Waals surface area contributed by atoms with E-state index >= 15 is 0 Å². The second-order valence-corrected chi connectivity index (χ2v) is 6.25. The minimum Gasteiger partial charge on any atom is -0.339 e. The smallest absolute Gasteiger partial charge is 0.227 e. The Bertz CT molecular complexity index is 467. The summed E-state index contributed by atoms with van der Waals surface area (Å²) in [6, 6.07) is 8.00. The van der Waals surface area contributed by atoms with Gasteiger partial charge in [-0.1, -0.05) is 24.3 Å². The SMILES string of the molecule is CN1CCN(C(=O)Cc2ccc(CN)cc2)CC1(C)C. The van der Waals surface area contributed by atoms with Crippen LogP contribution in [0.25, 0.3) is 0 Å². The standard InChI is InChI=1S/C16H25N3O/c1-16(2)12-19(9-8-18(16)3)15(20)10-13-4-6-14(11-17)7-5-13/h4-7H,8-12,17H2,1-3H3. The zero-order valence-electron chi connectivity index (χ0n) is 12.7. The van der Waals surface area contributed by atoms with E-state index in [1.807, 2.05) is 29.2 Å². The summed E-state index contributed by atoms with van der Waals surface area (Å²) in [5.74, 6) is 0.215. The number of rotatable bonds is 3. The molecule has 0 atom stereocenters. The summed E-state index contributed by atoms with van der Waals surface area (Å²) in [6.07, 6.45) is 0.477.